The molecule has 1 aliphatic heterocycles. The summed E-state index contributed by atoms with van der Waals surface area (Å²) in [5, 5.41) is 3.08. The Hall–Kier alpha value is -2.10. The zero-order chi connectivity index (χ0) is 12.5. The average molecular weight is 240 g/mol. The second-order valence-corrected chi connectivity index (χ2v) is 4.47. The molecule has 2 heterocycles. The van der Waals surface area contributed by atoms with Crippen LogP contribution in [0, 0.1) is 6.92 Å². The summed E-state index contributed by atoms with van der Waals surface area (Å²) < 4.78 is 0. The van der Waals surface area contributed by atoms with E-state index in [0.29, 0.717) is 0 Å². The summed E-state index contributed by atoms with van der Waals surface area (Å²) in [5.74, 6) is 1.64. The first-order valence-electron chi connectivity index (χ1n) is 6.17. The Balaban J connectivity index is 2.04. The van der Waals surface area contributed by atoms with E-state index >= 15 is 0 Å². The fourth-order valence-electron chi connectivity index (χ4n) is 2.35. The molecule has 0 fully saturated rings. The van der Waals surface area contributed by atoms with Crippen LogP contribution in [0.25, 0.3) is 0 Å². The molecule has 2 aromatic rings. The summed E-state index contributed by atoms with van der Waals surface area (Å²) in [6, 6.07) is 10.4. The Bertz CT molecular complexity index is 580. The Labute approximate surface area is 107 Å². The summed E-state index contributed by atoms with van der Waals surface area (Å²) in [6.07, 6.45) is 1.06. The van der Waals surface area contributed by atoms with E-state index in [0.717, 1.165) is 30.4 Å². The molecule has 18 heavy (non-hydrogen) atoms. The standard InChI is InChI=1S/C14H16N4/c1-10-9-13(15-2)17-14(16-10)18-8-7-11-5-3-4-6-12(11)18/h3-6,9H,7-8H2,1-2H3,(H,15,16,17). The Morgan fingerprint density at radius 3 is 2.89 bits per heavy atom. The summed E-state index contributed by atoms with van der Waals surface area (Å²) >= 11 is 0. The number of nitrogens with zero attached hydrogens (tertiary/aromatic N) is 3. The van der Waals surface area contributed by atoms with Crippen LogP contribution in [0.2, 0.25) is 0 Å². The molecule has 0 atom stereocenters. The average Bonchev–Trinajstić information content (AvgIpc) is 2.81. The lowest BCUT2D eigenvalue weighted by Gasteiger charge is -2.18. The first-order valence-corrected chi connectivity index (χ1v) is 6.17. The molecule has 0 saturated heterocycles. The second kappa shape index (κ2) is 4.29. The maximum atomic E-state index is 4.54. The maximum Gasteiger partial charge on any atom is 0.232 e. The van der Waals surface area contributed by atoms with Crippen LogP contribution in [0.1, 0.15) is 11.3 Å². The second-order valence-electron chi connectivity index (χ2n) is 4.47. The molecule has 3 rings (SSSR count). The molecular weight excluding hydrogens is 224 g/mol. The van der Waals surface area contributed by atoms with E-state index in [1.165, 1.54) is 11.3 Å². The zero-order valence-electron chi connectivity index (χ0n) is 10.6. The maximum absolute atomic E-state index is 4.54. The van der Waals surface area contributed by atoms with Gasteiger partial charge in [-0.05, 0) is 25.0 Å². The number of hydrogen-bond acceptors (Lipinski definition) is 4. The molecule has 4 heteroatoms. The fourth-order valence-corrected chi connectivity index (χ4v) is 2.35. The van der Waals surface area contributed by atoms with Crippen molar-refractivity contribution in [2.45, 2.75) is 13.3 Å². The van der Waals surface area contributed by atoms with Crippen LogP contribution in [-0.2, 0) is 6.42 Å². The lowest BCUT2D eigenvalue weighted by atomic mass is 10.2. The number of aromatic nitrogens is 2. The van der Waals surface area contributed by atoms with Crippen molar-refractivity contribution in [2.24, 2.45) is 0 Å². The number of anilines is 3. The fraction of sp³-hybridized carbons (Fsp3) is 0.286. The molecule has 92 valence electrons. The molecule has 1 N–H and O–H groups in total. The minimum atomic E-state index is 0.782. The highest BCUT2D eigenvalue weighted by Gasteiger charge is 2.22. The molecule has 0 spiro atoms. The van der Waals surface area contributed by atoms with E-state index in [-0.39, 0.29) is 0 Å². The highest BCUT2D eigenvalue weighted by atomic mass is 15.3. The van der Waals surface area contributed by atoms with Gasteiger partial charge in [-0.15, -0.1) is 0 Å². The zero-order valence-corrected chi connectivity index (χ0v) is 10.6. The van der Waals surface area contributed by atoms with Crippen LogP contribution in [0.3, 0.4) is 0 Å². The van der Waals surface area contributed by atoms with Gasteiger partial charge in [-0.2, -0.15) is 4.98 Å². The SMILES string of the molecule is CNc1cc(C)nc(N2CCc3ccccc32)n1. The monoisotopic (exact) mass is 240 g/mol. The number of aryl methyl sites for hydroxylation is 1. The lowest BCUT2D eigenvalue weighted by molar-refractivity contribution is 0.930. The van der Waals surface area contributed by atoms with Gasteiger partial charge in [-0.3, -0.25) is 0 Å². The van der Waals surface area contributed by atoms with E-state index in [2.05, 4.69) is 44.5 Å². The van der Waals surface area contributed by atoms with Gasteiger partial charge in [-0.25, -0.2) is 4.98 Å². The lowest BCUT2D eigenvalue weighted by Crippen LogP contribution is -2.17. The molecule has 0 radical (unpaired) electrons. The van der Waals surface area contributed by atoms with Crippen LogP contribution in [-0.4, -0.2) is 23.6 Å². The summed E-state index contributed by atoms with van der Waals surface area (Å²) in [6.45, 7) is 2.94. The molecule has 0 amide bonds. The predicted octanol–water partition coefficient (Wildman–Crippen LogP) is 2.52. The van der Waals surface area contributed by atoms with Crippen molar-refractivity contribution < 1.29 is 0 Å². The van der Waals surface area contributed by atoms with Gasteiger partial charge in [0.15, 0.2) is 0 Å². The third-order valence-electron chi connectivity index (χ3n) is 3.23. The molecule has 4 nitrogen and oxygen atoms in total. The first kappa shape index (κ1) is 11.0. The number of benzene rings is 1. The minimum Gasteiger partial charge on any atom is -0.373 e. The number of rotatable bonds is 2. The van der Waals surface area contributed by atoms with Crippen LogP contribution < -0.4 is 10.2 Å². The van der Waals surface area contributed by atoms with Crippen molar-refractivity contribution in [3.63, 3.8) is 0 Å². The highest BCUT2D eigenvalue weighted by molar-refractivity contribution is 5.66. The van der Waals surface area contributed by atoms with Crippen molar-refractivity contribution in [3.8, 4) is 0 Å². The van der Waals surface area contributed by atoms with Gasteiger partial charge in [0.25, 0.3) is 0 Å². The molecular formula is C14H16N4. The largest absolute Gasteiger partial charge is 0.373 e. The van der Waals surface area contributed by atoms with Crippen LogP contribution in [0.4, 0.5) is 17.5 Å². The van der Waals surface area contributed by atoms with E-state index in [4.69, 9.17) is 0 Å². The van der Waals surface area contributed by atoms with Gasteiger partial charge < -0.3 is 10.2 Å². The van der Waals surface area contributed by atoms with Crippen molar-refractivity contribution in [2.75, 3.05) is 23.8 Å². The number of hydrogen-bond donors (Lipinski definition) is 1. The van der Waals surface area contributed by atoms with Crippen molar-refractivity contribution in [1.82, 2.24) is 9.97 Å². The summed E-state index contributed by atoms with van der Waals surface area (Å²) in [4.78, 5) is 11.3. The minimum absolute atomic E-state index is 0.782. The van der Waals surface area contributed by atoms with Gasteiger partial charge in [0.2, 0.25) is 5.95 Å². The van der Waals surface area contributed by atoms with Gasteiger partial charge in [0, 0.05) is 31.0 Å². The van der Waals surface area contributed by atoms with Crippen molar-refractivity contribution in [3.05, 3.63) is 41.6 Å². The van der Waals surface area contributed by atoms with Crippen LogP contribution in [0.15, 0.2) is 30.3 Å². The number of para-hydroxylation sites is 1. The molecule has 0 saturated carbocycles. The van der Waals surface area contributed by atoms with E-state index in [1.807, 2.05) is 20.0 Å². The van der Waals surface area contributed by atoms with E-state index < -0.39 is 0 Å². The molecule has 1 aliphatic rings. The Morgan fingerprint density at radius 1 is 1.22 bits per heavy atom. The Kier molecular flexibility index (Phi) is 2.63. The van der Waals surface area contributed by atoms with Crippen LogP contribution >= 0.6 is 0 Å². The van der Waals surface area contributed by atoms with E-state index in [9.17, 15) is 0 Å². The first-order chi connectivity index (χ1) is 8.78. The van der Waals surface area contributed by atoms with Crippen molar-refractivity contribution >= 4 is 17.5 Å². The quantitative estimate of drug-likeness (QED) is 0.875. The predicted molar refractivity (Wildman–Crippen MR) is 73.5 cm³/mol. The third-order valence-corrected chi connectivity index (χ3v) is 3.23. The van der Waals surface area contributed by atoms with Crippen LogP contribution in [0.5, 0.6) is 0 Å². The topological polar surface area (TPSA) is 41.1 Å². The van der Waals surface area contributed by atoms with Gasteiger partial charge in [0.1, 0.15) is 5.82 Å². The van der Waals surface area contributed by atoms with Gasteiger partial charge in [-0.1, -0.05) is 18.2 Å². The summed E-state index contributed by atoms with van der Waals surface area (Å²) in [5.41, 5.74) is 3.58. The van der Waals surface area contributed by atoms with Gasteiger partial charge in [0.05, 0.1) is 0 Å². The molecule has 1 aromatic heterocycles. The smallest absolute Gasteiger partial charge is 0.232 e. The molecule has 0 unspecified atom stereocenters. The van der Waals surface area contributed by atoms with Gasteiger partial charge >= 0.3 is 0 Å². The Morgan fingerprint density at radius 2 is 2.06 bits per heavy atom. The van der Waals surface area contributed by atoms with Crippen molar-refractivity contribution in [1.29, 1.82) is 0 Å². The third kappa shape index (κ3) is 1.79. The van der Waals surface area contributed by atoms with E-state index in [1.54, 1.807) is 0 Å². The number of nitrogens with one attached hydrogen (secondary N) is 1. The molecule has 0 aliphatic carbocycles. The highest BCUT2D eigenvalue weighted by Crippen LogP contribution is 2.32. The molecule has 1 aromatic carbocycles. The molecule has 0 bridgehead atoms. The normalized spacial score (nSPS) is 13.6. The summed E-state index contributed by atoms with van der Waals surface area (Å²) in [7, 11) is 1.88. The number of fused-ring (bicyclic) bond motifs is 1.